The Bertz CT molecular complexity index is 786. The summed E-state index contributed by atoms with van der Waals surface area (Å²) in [5.41, 5.74) is 1.78. The van der Waals surface area contributed by atoms with E-state index in [-0.39, 0.29) is 0 Å². The van der Waals surface area contributed by atoms with Gasteiger partial charge in [-0.2, -0.15) is 0 Å². The number of nitrogens with one attached hydrogen (secondary N) is 2. The Kier molecular flexibility index (Phi) is 6.84. The minimum Gasteiger partial charge on any atom is -0.494 e. The molecule has 0 saturated carbocycles. The van der Waals surface area contributed by atoms with E-state index in [1.807, 2.05) is 36.5 Å². The number of anilines is 2. The van der Waals surface area contributed by atoms with Gasteiger partial charge in [0.15, 0.2) is 0 Å². The maximum Gasteiger partial charge on any atom is 0.143 e. The van der Waals surface area contributed by atoms with Crippen LogP contribution < -0.4 is 10.1 Å². The van der Waals surface area contributed by atoms with Crippen LogP contribution in [0.15, 0.2) is 42.9 Å². The first-order valence-electron chi connectivity index (χ1n) is 9.25. The lowest BCUT2D eigenvalue weighted by Crippen LogP contribution is -1.98. The average Bonchev–Trinajstić information content (AvgIpc) is 3.15. The molecule has 3 N–H and O–H groups in total. The van der Waals surface area contributed by atoms with Crippen molar-refractivity contribution < 1.29 is 9.84 Å². The number of hydrogen-bond donors (Lipinski definition) is 3. The zero-order valence-corrected chi connectivity index (χ0v) is 14.9. The maximum atomic E-state index is 8.74. The van der Waals surface area contributed by atoms with E-state index >= 15 is 0 Å². The number of H-pyrrole nitrogens is 1. The summed E-state index contributed by atoms with van der Waals surface area (Å²) < 4.78 is 5.80. The van der Waals surface area contributed by atoms with Gasteiger partial charge in [-0.15, -0.1) is 0 Å². The Balaban J connectivity index is 1.42. The SMILES string of the molecule is OCCCCCCCCOc1ccc(Nc2ncnc3[nH]ccc23)cc1. The van der Waals surface area contributed by atoms with Crippen LogP contribution in [0, 0.1) is 0 Å². The molecule has 1 aromatic carbocycles. The summed E-state index contributed by atoms with van der Waals surface area (Å²) in [7, 11) is 0. The number of rotatable bonds is 11. The number of fused-ring (bicyclic) bond motifs is 1. The van der Waals surface area contributed by atoms with Crippen LogP contribution in [0.3, 0.4) is 0 Å². The van der Waals surface area contributed by atoms with E-state index in [9.17, 15) is 0 Å². The summed E-state index contributed by atoms with van der Waals surface area (Å²) in [6, 6.07) is 9.88. The van der Waals surface area contributed by atoms with Gasteiger partial charge in [-0.1, -0.05) is 25.7 Å². The lowest BCUT2D eigenvalue weighted by molar-refractivity contribution is 0.280. The van der Waals surface area contributed by atoms with Gasteiger partial charge in [-0.05, 0) is 43.2 Å². The lowest BCUT2D eigenvalue weighted by Gasteiger charge is -2.09. The van der Waals surface area contributed by atoms with Gasteiger partial charge in [0.2, 0.25) is 0 Å². The summed E-state index contributed by atoms with van der Waals surface area (Å²) in [4.78, 5) is 11.6. The average molecular weight is 354 g/mol. The minimum atomic E-state index is 0.307. The monoisotopic (exact) mass is 354 g/mol. The van der Waals surface area contributed by atoms with Crippen molar-refractivity contribution in [3.8, 4) is 5.75 Å². The fourth-order valence-electron chi connectivity index (χ4n) is 2.85. The van der Waals surface area contributed by atoms with Crippen LogP contribution in [-0.4, -0.2) is 33.3 Å². The molecule has 0 atom stereocenters. The molecule has 0 aliphatic heterocycles. The van der Waals surface area contributed by atoms with Crippen molar-refractivity contribution >= 4 is 22.5 Å². The first-order valence-corrected chi connectivity index (χ1v) is 9.25. The first-order chi connectivity index (χ1) is 12.9. The zero-order valence-electron chi connectivity index (χ0n) is 14.9. The number of hydrogen-bond acceptors (Lipinski definition) is 5. The Morgan fingerprint density at radius 3 is 2.50 bits per heavy atom. The molecule has 0 aliphatic carbocycles. The quantitative estimate of drug-likeness (QED) is 0.444. The van der Waals surface area contributed by atoms with Gasteiger partial charge in [0, 0.05) is 18.5 Å². The minimum absolute atomic E-state index is 0.307. The van der Waals surface area contributed by atoms with Crippen molar-refractivity contribution in [2.24, 2.45) is 0 Å². The third-order valence-corrected chi connectivity index (χ3v) is 4.29. The van der Waals surface area contributed by atoms with Crippen LogP contribution >= 0.6 is 0 Å². The molecule has 0 radical (unpaired) electrons. The molecule has 3 aromatic rings. The second-order valence-electron chi connectivity index (χ2n) is 6.30. The van der Waals surface area contributed by atoms with Crippen molar-refractivity contribution in [1.82, 2.24) is 15.0 Å². The number of unbranched alkanes of at least 4 members (excludes halogenated alkanes) is 5. The smallest absolute Gasteiger partial charge is 0.143 e. The number of benzene rings is 1. The first kappa shape index (κ1) is 18.2. The van der Waals surface area contributed by atoms with E-state index in [4.69, 9.17) is 9.84 Å². The fourth-order valence-corrected chi connectivity index (χ4v) is 2.85. The van der Waals surface area contributed by atoms with E-state index in [0.29, 0.717) is 6.61 Å². The highest BCUT2D eigenvalue weighted by molar-refractivity contribution is 5.88. The van der Waals surface area contributed by atoms with Crippen LogP contribution in [0.1, 0.15) is 38.5 Å². The topological polar surface area (TPSA) is 83.1 Å². The normalized spacial score (nSPS) is 11.0. The maximum absolute atomic E-state index is 8.74. The third kappa shape index (κ3) is 5.20. The van der Waals surface area contributed by atoms with Gasteiger partial charge in [0.1, 0.15) is 23.5 Å². The highest BCUT2D eigenvalue weighted by atomic mass is 16.5. The third-order valence-electron chi connectivity index (χ3n) is 4.29. The molecule has 3 rings (SSSR count). The van der Waals surface area contributed by atoms with Gasteiger partial charge in [0.25, 0.3) is 0 Å². The van der Waals surface area contributed by atoms with Gasteiger partial charge < -0.3 is 20.1 Å². The number of aliphatic hydroxyl groups excluding tert-OH is 1. The van der Waals surface area contributed by atoms with Crippen molar-refractivity contribution in [3.63, 3.8) is 0 Å². The molecule has 0 saturated heterocycles. The van der Waals surface area contributed by atoms with Crippen molar-refractivity contribution in [2.45, 2.75) is 38.5 Å². The molecule has 0 bridgehead atoms. The van der Waals surface area contributed by atoms with E-state index in [2.05, 4.69) is 20.3 Å². The van der Waals surface area contributed by atoms with E-state index < -0.39 is 0 Å². The Morgan fingerprint density at radius 2 is 1.69 bits per heavy atom. The van der Waals surface area contributed by atoms with Crippen LogP contribution in [0.5, 0.6) is 5.75 Å². The molecule has 2 heterocycles. The molecule has 0 fully saturated rings. The summed E-state index contributed by atoms with van der Waals surface area (Å²) in [6.07, 6.45) is 10.1. The molecule has 0 spiro atoms. The highest BCUT2D eigenvalue weighted by Gasteiger charge is 2.04. The molecular formula is C20H26N4O2. The Morgan fingerprint density at radius 1 is 0.923 bits per heavy atom. The number of aromatic amines is 1. The van der Waals surface area contributed by atoms with Crippen LogP contribution in [0.25, 0.3) is 11.0 Å². The van der Waals surface area contributed by atoms with Crippen LogP contribution in [-0.2, 0) is 0 Å². The summed E-state index contributed by atoms with van der Waals surface area (Å²) in [6.45, 7) is 1.05. The summed E-state index contributed by atoms with van der Waals surface area (Å²) >= 11 is 0. The molecule has 26 heavy (non-hydrogen) atoms. The standard InChI is InChI=1S/C20H26N4O2/c25-13-5-3-1-2-4-6-14-26-17-9-7-16(8-10-17)24-20-18-11-12-21-19(18)22-15-23-20/h7-12,15,25H,1-6,13-14H2,(H2,21,22,23,24). The summed E-state index contributed by atoms with van der Waals surface area (Å²) in [5.74, 6) is 1.66. The van der Waals surface area contributed by atoms with Gasteiger partial charge >= 0.3 is 0 Å². The molecule has 0 unspecified atom stereocenters. The molecular weight excluding hydrogens is 328 g/mol. The lowest BCUT2D eigenvalue weighted by atomic mass is 10.1. The second-order valence-corrected chi connectivity index (χ2v) is 6.30. The van der Waals surface area contributed by atoms with Crippen molar-refractivity contribution in [1.29, 1.82) is 0 Å². The summed E-state index contributed by atoms with van der Waals surface area (Å²) in [5, 5.41) is 13.0. The number of aromatic nitrogens is 3. The van der Waals surface area contributed by atoms with Crippen LogP contribution in [0.4, 0.5) is 11.5 Å². The van der Waals surface area contributed by atoms with E-state index in [1.54, 1.807) is 6.33 Å². The molecule has 2 aromatic heterocycles. The number of ether oxygens (including phenoxy) is 1. The predicted octanol–water partition coefficient (Wildman–Crippen LogP) is 4.41. The number of aliphatic hydroxyl groups is 1. The predicted molar refractivity (Wildman–Crippen MR) is 104 cm³/mol. The fraction of sp³-hybridized carbons (Fsp3) is 0.400. The molecule has 138 valence electrons. The van der Waals surface area contributed by atoms with Crippen LogP contribution in [0.2, 0.25) is 0 Å². The van der Waals surface area contributed by atoms with E-state index in [1.165, 1.54) is 19.3 Å². The van der Waals surface area contributed by atoms with Gasteiger partial charge in [-0.25, -0.2) is 9.97 Å². The molecule has 0 amide bonds. The molecule has 6 heteroatoms. The van der Waals surface area contributed by atoms with Gasteiger partial charge in [-0.3, -0.25) is 0 Å². The Labute approximate surface area is 153 Å². The molecule has 0 aliphatic rings. The van der Waals surface area contributed by atoms with Gasteiger partial charge in [0.05, 0.1) is 12.0 Å². The zero-order chi connectivity index (χ0) is 18.0. The Hall–Kier alpha value is -2.60. The number of nitrogens with zero attached hydrogens (tertiary/aromatic N) is 2. The second kappa shape index (κ2) is 9.77. The van der Waals surface area contributed by atoms with Crippen molar-refractivity contribution in [2.75, 3.05) is 18.5 Å². The largest absolute Gasteiger partial charge is 0.494 e. The highest BCUT2D eigenvalue weighted by Crippen LogP contribution is 2.23. The van der Waals surface area contributed by atoms with E-state index in [0.717, 1.165) is 54.2 Å². The molecule has 6 nitrogen and oxygen atoms in total. The van der Waals surface area contributed by atoms with Crippen molar-refractivity contribution in [3.05, 3.63) is 42.9 Å².